The normalized spacial score (nSPS) is 10.4. The molecule has 2 N–H and O–H groups in total. The van der Waals surface area contributed by atoms with Crippen LogP contribution >= 0.6 is 0 Å². The van der Waals surface area contributed by atoms with E-state index in [1.165, 1.54) is 55.6 Å². The molecule has 196 valence electrons. The van der Waals surface area contributed by atoms with Crippen molar-refractivity contribution in [3.63, 3.8) is 0 Å². The summed E-state index contributed by atoms with van der Waals surface area (Å²) in [5.74, 6) is -6.48. The molecule has 4 aromatic carbocycles. The Kier molecular flexibility index (Phi) is 7.72. The standard InChI is InChI=1S/C30H22O9/c1-37-20-15-13-18(14-16-20)25(32)23-21(30(36)38-2)22(24(31)17-9-5-3-6-10-17)26(33)27(34)28(23)39-29(35)19-11-7-4-8-12-19/h3-16,33-34H,1-2H3. The Morgan fingerprint density at radius 3 is 1.62 bits per heavy atom. The van der Waals surface area contributed by atoms with E-state index in [9.17, 15) is 29.4 Å². The maximum atomic E-state index is 13.9. The van der Waals surface area contributed by atoms with Crippen LogP contribution in [0, 0.1) is 0 Å². The van der Waals surface area contributed by atoms with E-state index in [1.807, 2.05) is 0 Å². The van der Waals surface area contributed by atoms with Gasteiger partial charge in [-0.3, -0.25) is 9.59 Å². The maximum absolute atomic E-state index is 13.9. The van der Waals surface area contributed by atoms with Crippen LogP contribution in [-0.2, 0) is 4.74 Å². The van der Waals surface area contributed by atoms with Gasteiger partial charge in [-0.15, -0.1) is 0 Å². The molecular formula is C30H22O9. The van der Waals surface area contributed by atoms with Crippen molar-refractivity contribution in [3.8, 4) is 23.0 Å². The summed E-state index contributed by atoms with van der Waals surface area (Å²) < 4.78 is 15.4. The van der Waals surface area contributed by atoms with Crippen LogP contribution < -0.4 is 9.47 Å². The number of phenolic OH excluding ortho intramolecular Hbond substituents is 2. The molecule has 39 heavy (non-hydrogen) atoms. The Morgan fingerprint density at radius 1 is 0.564 bits per heavy atom. The lowest BCUT2D eigenvalue weighted by Crippen LogP contribution is -2.21. The summed E-state index contributed by atoms with van der Waals surface area (Å²) in [6.45, 7) is 0. The predicted octanol–water partition coefficient (Wildman–Crippen LogP) is 4.57. The van der Waals surface area contributed by atoms with Crippen LogP contribution in [-0.4, -0.2) is 47.9 Å². The second kappa shape index (κ2) is 11.3. The monoisotopic (exact) mass is 526 g/mol. The lowest BCUT2D eigenvalue weighted by Gasteiger charge is -2.19. The summed E-state index contributed by atoms with van der Waals surface area (Å²) >= 11 is 0. The number of aromatic hydroxyl groups is 2. The van der Waals surface area contributed by atoms with Gasteiger partial charge >= 0.3 is 11.9 Å². The van der Waals surface area contributed by atoms with Gasteiger partial charge in [-0.1, -0.05) is 48.5 Å². The molecule has 0 heterocycles. The highest BCUT2D eigenvalue weighted by Crippen LogP contribution is 2.46. The molecular weight excluding hydrogens is 504 g/mol. The molecule has 4 aromatic rings. The van der Waals surface area contributed by atoms with Gasteiger partial charge in [-0.05, 0) is 36.4 Å². The minimum absolute atomic E-state index is 0.00108. The fraction of sp³-hybridized carbons (Fsp3) is 0.0667. The first-order valence-electron chi connectivity index (χ1n) is 11.5. The number of carbonyl (C=O) groups is 4. The molecule has 0 fully saturated rings. The molecule has 0 atom stereocenters. The van der Waals surface area contributed by atoms with Gasteiger partial charge in [0, 0.05) is 11.1 Å². The van der Waals surface area contributed by atoms with Crippen LogP contribution in [0.5, 0.6) is 23.0 Å². The van der Waals surface area contributed by atoms with E-state index >= 15 is 0 Å². The molecule has 0 saturated heterocycles. The number of methoxy groups -OCH3 is 2. The van der Waals surface area contributed by atoms with Gasteiger partial charge in [0.1, 0.15) is 5.75 Å². The predicted molar refractivity (Wildman–Crippen MR) is 139 cm³/mol. The first-order chi connectivity index (χ1) is 18.8. The zero-order valence-electron chi connectivity index (χ0n) is 20.8. The van der Waals surface area contributed by atoms with Crippen LogP contribution in [0.2, 0.25) is 0 Å². The van der Waals surface area contributed by atoms with E-state index < -0.39 is 57.4 Å². The number of phenols is 2. The Hall–Kier alpha value is -5.44. The molecule has 0 radical (unpaired) electrons. The number of ether oxygens (including phenoxy) is 3. The van der Waals surface area contributed by atoms with Gasteiger partial charge in [0.05, 0.1) is 36.5 Å². The average molecular weight is 526 g/mol. The number of rotatable bonds is 8. The van der Waals surface area contributed by atoms with Crippen LogP contribution in [0.4, 0.5) is 0 Å². The second-order valence-electron chi connectivity index (χ2n) is 8.15. The number of hydrogen-bond acceptors (Lipinski definition) is 9. The Morgan fingerprint density at radius 2 is 1.08 bits per heavy atom. The lowest BCUT2D eigenvalue weighted by molar-refractivity contribution is 0.0589. The zero-order chi connectivity index (χ0) is 28.1. The van der Waals surface area contributed by atoms with Crippen molar-refractivity contribution < 1.29 is 43.6 Å². The highest BCUT2D eigenvalue weighted by molar-refractivity contribution is 6.24. The minimum atomic E-state index is -1.18. The summed E-state index contributed by atoms with van der Waals surface area (Å²) in [6, 6.07) is 21.0. The van der Waals surface area contributed by atoms with Crippen molar-refractivity contribution in [1.82, 2.24) is 0 Å². The molecule has 0 aliphatic heterocycles. The minimum Gasteiger partial charge on any atom is -0.504 e. The number of carbonyl (C=O) groups excluding carboxylic acids is 4. The van der Waals surface area contributed by atoms with Gasteiger partial charge in [0.25, 0.3) is 0 Å². The Bertz CT molecular complexity index is 1560. The van der Waals surface area contributed by atoms with Crippen LogP contribution in [0.15, 0.2) is 84.9 Å². The summed E-state index contributed by atoms with van der Waals surface area (Å²) in [5.41, 5.74) is -1.91. The first kappa shape index (κ1) is 26.6. The summed E-state index contributed by atoms with van der Waals surface area (Å²) in [6.07, 6.45) is 0. The largest absolute Gasteiger partial charge is 0.504 e. The first-order valence-corrected chi connectivity index (χ1v) is 11.5. The smallest absolute Gasteiger partial charge is 0.343 e. The molecule has 0 unspecified atom stereocenters. The zero-order valence-corrected chi connectivity index (χ0v) is 20.8. The molecule has 0 bridgehead atoms. The van der Waals surface area contributed by atoms with Crippen molar-refractivity contribution in [2.75, 3.05) is 14.2 Å². The molecule has 0 aliphatic rings. The van der Waals surface area contributed by atoms with Gasteiger partial charge in [0.15, 0.2) is 23.1 Å². The number of ketones is 2. The molecule has 9 heteroatoms. The van der Waals surface area contributed by atoms with Gasteiger partial charge in [0.2, 0.25) is 5.75 Å². The highest BCUT2D eigenvalue weighted by Gasteiger charge is 2.37. The van der Waals surface area contributed by atoms with E-state index in [2.05, 4.69) is 0 Å². The molecule has 0 amide bonds. The van der Waals surface area contributed by atoms with Gasteiger partial charge < -0.3 is 24.4 Å². The van der Waals surface area contributed by atoms with E-state index in [-0.39, 0.29) is 16.7 Å². The summed E-state index contributed by atoms with van der Waals surface area (Å²) in [5, 5.41) is 22.0. The van der Waals surface area contributed by atoms with E-state index in [1.54, 1.807) is 36.4 Å². The summed E-state index contributed by atoms with van der Waals surface area (Å²) in [4.78, 5) is 53.4. The van der Waals surface area contributed by atoms with Crippen LogP contribution in [0.3, 0.4) is 0 Å². The Balaban J connectivity index is 2.03. The number of hydrogen-bond donors (Lipinski definition) is 2. The Labute approximate surface area is 222 Å². The molecule has 0 aliphatic carbocycles. The second-order valence-corrected chi connectivity index (χ2v) is 8.15. The quantitative estimate of drug-likeness (QED) is 0.146. The SMILES string of the molecule is COC(=O)c1c(C(=O)c2ccccc2)c(O)c(O)c(OC(=O)c2ccccc2)c1C(=O)c1ccc(OC)cc1. The topological polar surface area (TPSA) is 136 Å². The summed E-state index contributed by atoms with van der Waals surface area (Å²) in [7, 11) is 2.45. The van der Waals surface area contributed by atoms with Crippen molar-refractivity contribution >= 4 is 23.5 Å². The van der Waals surface area contributed by atoms with E-state index in [0.717, 1.165) is 7.11 Å². The fourth-order valence-corrected chi connectivity index (χ4v) is 3.89. The van der Waals surface area contributed by atoms with Gasteiger partial charge in [-0.25, -0.2) is 9.59 Å². The number of esters is 2. The average Bonchev–Trinajstić information content (AvgIpc) is 2.99. The lowest BCUT2D eigenvalue weighted by atomic mass is 9.88. The van der Waals surface area contributed by atoms with E-state index in [0.29, 0.717) is 5.75 Å². The third kappa shape index (κ3) is 5.19. The fourth-order valence-electron chi connectivity index (χ4n) is 3.89. The van der Waals surface area contributed by atoms with E-state index in [4.69, 9.17) is 14.2 Å². The van der Waals surface area contributed by atoms with Crippen LogP contribution in [0.1, 0.15) is 52.6 Å². The van der Waals surface area contributed by atoms with Crippen LogP contribution in [0.25, 0.3) is 0 Å². The third-order valence-electron chi connectivity index (χ3n) is 5.84. The molecule has 0 saturated carbocycles. The maximum Gasteiger partial charge on any atom is 0.343 e. The van der Waals surface area contributed by atoms with Crippen molar-refractivity contribution in [3.05, 3.63) is 118 Å². The highest BCUT2D eigenvalue weighted by atomic mass is 16.5. The van der Waals surface area contributed by atoms with Gasteiger partial charge in [-0.2, -0.15) is 0 Å². The van der Waals surface area contributed by atoms with Crippen molar-refractivity contribution in [1.29, 1.82) is 0 Å². The molecule has 9 nitrogen and oxygen atoms in total. The molecule has 0 spiro atoms. The molecule has 0 aromatic heterocycles. The molecule has 4 rings (SSSR count). The van der Waals surface area contributed by atoms with Crippen molar-refractivity contribution in [2.24, 2.45) is 0 Å². The van der Waals surface area contributed by atoms with Crippen molar-refractivity contribution in [2.45, 2.75) is 0 Å². The number of benzene rings is 4. The third-order valence-corrected chi connectivity index (χ3v) is 5.84.